The SMILES string of the molecule is COCC(=O)NC1CCc2onc(C(=O)NC3CCCC3)c2C1. The van der Waals surface area contributed by atoms with Crippen LogP contribution in [0.15, 0.2) is 4.52 Å². The van der Waals surface area contributed by atoms with Gasteiger partial charge in [-0.1, -0.05) is 18.0 Å². The van der Waals surface area contributed by atoms with Crippen molar-refractivity contribution in [2.24, 2.45) is 0 Å². The lowest BCUT2D eigenvalue weighted by atomic mass is 9.91. The van der Waals surface area contributed by atoms with E-state index < -0.39 is 0 Å². The first kappa shape index (κ1) is 16.0. The van der Waals surface area contributed by atoms with Crippen LogP contribution in [0.5, 0.6) is 0 Å². The molecule has 2 aliphatic carbocycles. The second-order valence-corrected chi connectivity index (χ2v) is 6.33. The minimum absolute atomic E-state index is 0.0115. The molecule has 0 bridgehead atoms. The third kappa shape index (κ3) is 3.72. The molecule has 0 saturated heterocycles. The molecule has 7 nitrogen and oxygen atoms in total. The fourth-order valence-corrected chi connectivity index (χ4v) is 3.43. The summed E-state index contributed by atoms with van der Waals surface area (Å²) in [6.45, 7) is 0.0437. The van der Waals surface area contributed by atoms with E-state index in [9.17, 15) is 9.59 Å². The van der Waals surface area contributed by atoms with E-state index in [4.69, 9.17) is 9.26 Å². The van der Waals surface area contributed by atoms with Gasteiger partial charge in [-0.3, -0.25) is 9.59 Å². The van der Waals surface area contributed by atoms with Gasteiger partial charge in [0.2, 0.25) is 5.91 Å². The number of methoxy groups -OCH3 is 1. The third-order valence-electron chi connectivity index (χ3n) is 4.59. The van der Waals surface area contributed by atoms with Gasteiger partial charge < -0.3 is 19.9 Å². The molecule has 0 aromatic carbocycles. The Morgan fingerprint density at radius 1 is 1.22 bits per heavy atom. The molecule has 1 unspecified atom stereocenters. The predicted octanol–water partition coefficient (Wildman–Crippen LogP) is 0.967. The van der Waals surface area contributed by atoms with Crippen molar-refractivity contribution in [3.05, 3.63) is 17.0 Å². The average molecular weight is 321 g/mol. The Labute approximate surface area is 135 Å². The lowest BCUT2D eigenvalue weighted by Crippen LogP contribution is -2.41. The van der Waals surface area contributed by atoms with E-state index in [1.807, 2.05) is 0 Å². The Morgan fingerprint density at radius 2 is 2.00 bits per heavy atom. The van der Waals surface area contributed by atoms with Gasteiger partial charge >= 0.3 is 0 Å². The molecule has 7 heteroatoms. The van der Waals surface area contributed by atoms with Gasteiger partial charge in [0.05, 0.1) is 0 Å². The molecule has 2 amide bonds. The van der Waals surface area contributed by atoms with Crippen molar-refractivity contribution in [3.8, 4) is 0 Å². The largest absolute Gasteiger partial charge is 0.375 e. The van der Waals surface area contributed by atoms with E-state index >= 15 is 0 Å². The van der Waals surface area contributed by atoms with Gasteiger partial charge in [0.25, 0.3) is 5.91 Å². The molecule has 3 rings (SSSR count). The normalized spacial score (nSPS) is 21.0. The number of amides is 2. The first-order valence-electron chi connectivity index (χ1n) is 8.24. The van der Waals surface area contributed by atoms with Gasteiger partial charge in [-0.2, -0.15) is 0 Å². The van der Waals surface area contributed by atoms with E-state index in [1.165, 1.54) is 7.11 Å². The zero-order valence-electron chi connectivity index (χ0n) is 13.4. The van der Waals surface area contributed by atoms with Crippen LogP contribution in [0.1, 0.15) is 53.9 Å². The van der Waals surface area contributed by atoms with Crippen LogP contribution < -0.4 is 10.6 Å². The Bertz CT molecular complexity index is 578. The summed E-state index contributed by atoms with van der Waals surface area (Å²) < 4.78 is 10.2. The van der Waals surface area contributed by atoms with Gasteiger partial charge in [-0.05, 0) is 25.7 Å². The van der Waals surface area contributed by atoms with Crippen molar-refractivity contribution in [2.45, 2.75) is 57.0 Å². The number of nitrogens with one attached hydrogen (secondary N) is 2. The third-order valence-corrected chi connectivity index (χ3v) is 4.59. The van der Waals surface area contributed by atoms with Crippen molar-refractivity contribution in [3.63, 3.8) is 0 Å². The molecular weight excluding hydrogens is 298 g/mol. The highest BCUT2D eigenvalue weighted by molar-refractivity contribution is 5.94. The zero-order chi connectivity index (χ0) is 16.2. The number of hydrogen-bond acceptors (Lipinski definition) is 5. The van der Waals surface area contributed by atoms with Gasteiger partial charge in [-0.25, -0.2) is 0 Å². The second kappa shape index (κ2) is 7.12. The van der Waals surface area contributed by atoms with Gasteiger partial charge in [-0.15, -0.1) is 0 Å². The molecule has 0 radical (unpaired) electrons. The Hall–Kier alpha value is -1.89. The van der Waals surface area contributed by atoms with Crippen LogP contribution in [-0.4, -0.2) is 42.8 Å². The highest BCUT2D eigenvalue weighted by atomic mass is 16.5. The highest BCUT2D eigenvalue weighted by Gasteiger charge is 2.30. The minimum Gasteiger partial charge on any atom is -0.375 e. The topological polar surface area (TPSA) is 93.5 Å². The molecule has 2 N–H and O–H groups in total. The summed E-state index contributed by atoms with van der Waals surface area (Å²) in [4.78, 5) is 24.1. The summed E-state index contributed by atoms with van der Waals surface area (Å²) in [7, 11) is 1.49. The van der Waals surface area contributed by atoms with Crippen molar-refractivity contribution in [1.29, 1.82) is 0 Å². The standard InChI is InChI=1S/C16H23N3O4/c1-22-9-14(20)17-11-6-7-13-12(8-11)15(19-23-13)16(21)18-10-4-2-3-5-10/h10-11H,2-9H2,1H3,(H,17,20)(H,18,21). The zero-order valence-corrected chi connectivity index (χ0v) is 13.4. The van der Waals surface area contributed by atoms with Gasteiger partial charge in [0.15, 0.2) is 5.69 Å². The minimum atomic E-state index is -0.161. The monoisotopic (exact) mass is 321 g/mol. The molecule has 126 valence electrons. The first-order valence-corrected chi connectivity index (χ1v) is 8.24. The number of fused-ring (bicyclic) bond motifs is 1. The smallest absolute Gasteiger partial charge is 0.273 e. The quantitative estimate of drug-likeness (QED) is 0.843. The second-order valence-electron chi connectivity index (χ2n) is 6.33. The van der Waals surface area contributed by atoms with E-state index in [0.29, 0.717) is 18.5 Å². The van der Waals surface area contributed by atoms with Crippen molar-refractivity contribution >= 4 is 11.8 Å². The number of rotatable bonds is 5. The van der Waals surface area contributed by atoms with Crippen LogP contribution in [0.2, 0.25) is 0 Å². The molecule has 2 aliphatic rings. The maximum Gasteiger partial charge on any atom is 0.273 e. The van der Waals surface area contributed by atoms with Crippen LogP contribution in [0.3, 0.4) is 0 Å². The molecule has 1 aromatic rings. The van der Waals surface area contributed by atoms with Crippen LogP contribution in [0.4, 0.5) is 0 Å². The summed E-state index contributed by atoms with van der Waals surface area (Å²) in [6.07, 6.45) is 6.41. The number of carbonyl (C=O) groups excluding carboxylic acids is 2. The summed E-state index contributed by atoms with van der Waals surface area (Å²) in [6, 6.07) is 0.234. The van der Waals surface area contributed by atoms with E-state index in [0.717, 1.165) is 43.4 Å². The maximum absolute atomic E-state index is 12.4. The summed E-state index contributed by atoms with van der Waals surface area (Å²) >= 11 is 0. The number of aryl methyl sites for hydroxylation is 1. The van der Waals surface area contributed by atoms with Gasteiger partial charge in [0, 0.05) is 31.2 Å². The Kier molecular flexibility index (Phi) is 4.95. The van der Waals surface area contributed by atoms with Crippen LogP contribution >= 0.6 is 0 Å². The number of aromatic nitrogens is 1. The van der Waals surface area contributed by atoms with E-state index in [-0.39, 0.29) is 30.5 Å². The number of hydrogen-bond donors (Lipinski definition) is 2. The van der Waals surface area contributed by atoms with Crippen molar-refractivity contribution in [2.75, 3.05) is 13.7 Å². The lowest BCUT2D eigenvalue weighted by molar-refractivity contribution is -0.125. The molecular formula is C16H23N3O4. The van der Waals surface area contributed by atoms with E-state index in [2.05, 4.69) is 15.8 Å². The number of carbonyl (C=O) groups is 2. The molecule has 1 heterocycles. The summed E-state index contributed by atoms with van der Waals surface area (Å²) in [5.41, 5.74) is 1.20. The van der Waals surface area contributed by atoms with Crippen LogP contribution in [0, 0.1) is 0 Å². The van der Waals surface area contributed by atoms with Crippen LogP contribution in [-0.2, 0) is 22.4 Å². The molecule has 1 saturated carbocycles. The fraction of sp³-hybridized carbons (Fsp3) is 0.688. The molecule has 23 heavy (non-hydrogen) atoms. The first-order chi connectivity index (χ1) is 11.2. The van der Waals surface area contributed by atoms with Gasteiger partial charge in [0.1, 0.15) is 12.4 Å². The highest BCUT2D eigenvalue weighted by Crippen LogP contribution is 2.25. The summed E-state index contributed by atoms with van der Waals surface area (Å²) in [5, 5.41) is 9.93. The van der Waals surface area contributed by atoms with Crippen LogP contribution in [0.25, 0.3) is 0 Å². The van der Waals surface area contributed by atoms with Crippen molar-refractivity contribution in [1.82, 2.24) is 15.8 Å². The Balaban J connectivity index is 1.65. The molecule has 1 atom stereocenters. The number of ether oxygens (including phenoxy) is 1. The molecule has 1 fully saturated rings. The lowest BCUT2D eigenvalue weighted by Gasteiger charge is -2.22. The summed E-state index contributed by atoms with van der Waals surface area (Å²) in [5.74, 6) is 0.457. The Morgan fingerprint density at radius 3 is 2.74 bits per heavy atom. The molecule has 1 aromatic heterocycles. The fourth-order valence-electron chi connectivity index (χ4n) is 3.43. The molecule has 0 spiro atoms. The van der Waals surface area contributed by atoms with E-state index in [1.54, 1.807) is 0 Å². The number of nitrogens with zero attached hydrogens (tertiary/aromatic N) is 1. The average Bonchev–Trinajstić information content (AvgIpc) is 3.16. The maximum atomic E-state index is 12.4. The van der Waals surface area contributed by atoms with Crippen molar-refractivity contribution < 1.29 is 18.8 Å². The predicted molar refractivity (Wildman–Crippen MR) is 82.1 cm³/mol. The molecule has 0 aliphatic heterocycles.